The number of halogens is 1. The van der Waals surface area contributed by atoms with Crippen LogP contribution in [0, 0.1) is 6.92 Å². The van der Waals surface area contributed by atoms with Crippen molar-refractivity contribution in [3.05, 3.63) is 86.8 Å². The van der Waals surface area contributed by atoms with Crippen molar-refractivity contribution in [1.29, 1.82) is 0 Å². The number of carbonyl (C=O) groups is 1. The lowest BCUT2D eigenvalue weighted by Gasteiger charge is -2.34. The highest BCUT2D eigenvalue weighted by atomic mass is 35.5. The Morgan fingerprint density at radius 1 is 1.06 bits per heavy atom. The van der Waals surface area contributed by atoms with Gasteiger partial charge in [0.2, 0.25) is 4.96 Å². The van der Waals surface area contributed by atoms with E-state index >= 15 is 0 Å². The molecule has 0 unspecified atom stereocenters. The fourth-order valence-corrected chi connectivity index (χ4v) is 5.11. The zero-order valence-electron chi connectivity index (χ0n) is 18.1. The van der Waals surface area contributed by atoms with Crippen LogP contribution in [0.2, 0.25) is 5.02 Å². The van der Waals surface area contributed by atoms with E-state index < -0.39 is 0 Å². The summed E-state index contributed by atoms with van der Waals surface area (Å²) < 4.78 is 1.37. The molecule has 1 fully saturated rings. The molecule has 4 aromatic rings. The molecular weight excluding hydrogens is 458 g/mol. The third kappa shape index (κ3) is 4.55. The van der Waals surface area contributed by atoms with E-state index in [4.69, 9.17) is 16.6 Å². The Morgan fingerprint density at radius 2 is 1.79 bits per heavy atom. The number of carbonyl (C=O) groups excluding carboxylic acids is 1. The van der Waals surface area contributed by atoms with Crippen molar-refractivity contribution in [2.45, 2.75) is 13.5 Å². The van der Waals surface area contributed by atoms with Crippen LogP contribution in [0.3, 0.4) is 0 Å². The summed E-state index contributed by atoms with van der Waals surface area (Å²) in [6.07, 6.45) is 0. The lowest BCUT2D eigenvalue weighted by atomic mass is 10.1. The van der Waals surface area contributed by atoms with Crippen LogP contribution < -0.4 is 5.56 Å². The summed E-state index contributed by atoms with van der Waals surface area (Å²) in [5, 5.41) is 5.89. The van der Waals surface area contributed by atoms with E-state index in [0.29, 0.717) is 35.2 Å². The minimum atomic E-state index is -0.178. The van der Waals surface area contributed by atoms with E-state index in [0.717, 1.165) is 34.9 Å². The second kappa shape index (κ2) is 9.05. The van der Waals surface area contributed by atoms with Crippen LogP contribution in [0.15, 0.2) is 59.4 Å². The third-order valence-corrected chi connectivity index (χ3v) is 7.00. The molecular formula is C24H22ClN5O2S. The fraction of sp³-hybridized carbons (Fsp3) is 0.250. The highest BCUT2D eigenvalue weighted by molar-refractivity contribution is 7.19. The van der Waals surface area contributed by atoms with E-state index in [1.807, 2.05) is 36.1 Å². The van der Waals surface area contributed by atoms with Gasteiger partial charge in [-0.25, -0.2) is 4.98 Å². The molecule has 9 heteroatoms. The van der Waals surface area contributed by atoms with E-state index in [9.17, 15) is 9.59 Å². The molecule has 2 aromatic heterocycles. The van der Waals surface area contributed by atoms with Crippen LogP contribution in [-0.4, -0.2) is 56.5 Å². The molecule has 0 bridgehead atoms. The number of rotatable bonds is 4. The Kier molecular flexibility index (Phi) is 5.97. The summed E-state index contributed by atoms with van der Waals surface area (Å²) in [7, 11) is 0. The standard InChI is InChI=1S/C24H22ClN5O2S/c1-16-4-2-3-5-20(16)22-27-30-21(31)14-19(26-24(30)33-22)15-28-10-12-29(13-11-28)23(32)17-6-8-18(25)9-7-17/h2-9,14H,10-13,15H2,1H3. The fourth-order valence-electron chi connectivity index (χ4n) is 3.97. The summed E-state index contributed by atoms with van der Waals surface area (Å²) in [6.45, 7) is 5.28. The average molecular weight is 480 g/mol. The molecule has 7 nitrogen and oxygen atoms in total. The van der Waals surface area contributed by atoms with E-state index in [1.54, 1.807) is 30.3 Å². The maximum absolute atomic E-state index is 12.7. The molecule has 0 atom stereocenters. The number of benzene rings is 2. The Labute approximate surface area is 199 Å². The molecule has 0 aliphatic carbocycles. The number of hydrogen-bond donors (Lipinski definition) is 0. The predicted molar refractivity (Wildman–Crippen MR) is 130 cm³/mol. The number of nitrogens with zero attached hydrogens (tertiary/aromatic N) is 5. The molecule has 2 aromatic carbocycles. The number of piperazine rings is 1. The Hall–Kier alpha value is -3.07. The molecule has 0 spiro atoms. The van der Waals surface area contributed by atoms with Gasteiger partial charge >= 0.3 is 0 Å². The molecule has 3 heterocycles. The summed E-state index contributed by atoms with van der Waals surface area (Å²) in [5.41, 5.74) is 3.30. The smallest absolute Gasteiger partial charge is 0.275 e. The molecule has 0 radical (unpaired) electrons. The zero-order valence-corrected chi connectivity index (χ0v) is 19.6. The van der Waals surface area contributed by atoms with Gasteiger partial charge in [0.1, 0.15) is 5.01 Å². The van der Waals surface area contributed by atoms with Crippen molar-refractivity contribution in [3.8, 4) is 10.6 Å². The largest absolute Gasteiger partial charge is 0.336 e. The van der Waals surface area contributed by atoms with E-state index in [1.165, 1.54) is 15.9 Å². The Morgan fingerprint density at radius 3 is 2.52 bits per heavy atom. The predicted octanol–water partition coefficient (Wildman–Crippen LogP) is 3.74. The lowest BCUT2D eigenvalue weighted by molar-refractivity contribution is 0.0627. The molecule has 0 N–H and O–H groups in total. The first kappa shape index (κ1) is 21.8. The van der Waals surface area contributed by atoms with Crippen LogP contribution >= 0.6 is 22.9 Å². The van der Waals surface area contributed by atoms with Gasteiger partial charge in [-0.3, -0.25) is 14.5 Å². The first-order valence-corrected chi connectivity index (χ1v) is 11.9. The van der Waals surface area contributed by atoms with Gasteiger partial charge in [0.15, 0.2) is 0 Å². The number of fused-ring (bicyclic) bond motifs is 1. The number of hydrogen-bond acceptors (Lipinski definition) is 6. The molecule has 5 rings (SSSR count). The van der Waals surface area contributed by atoms with Crippen LogP contribution in [0.4, 0.5) is 0 Å². The normalized spacial score (nSPS) is 14.7. The molecule has 33 heavy (non-hydrogen) atoms. The summed E-state index contributed by atoms with van der Waals surface area (Å²) >= 11 is 7.34. The highest BCUT2D eigenvalue weighted by Crippen LogP contribution is 2.27. The van der Waals surface area contributed by atoms with Crippen LogP contribution in [0.1, 0.15) is 21.6 Å². The number of aryl methyl sites for hydroxylation is 1. The molecule has 1 saturated heterocycles. The van der Waals surface area contributed by atoms with Crippen LogP contribution in [0.5, 0.6) is 0 Å². The maximum Gasteiger partial charge on any atom is 0.275 e. The monoisotopic (exact) mass is 479 g/mol. The van der Waals surface area contributed by atoms with Crippen LogP contribution in [0.25, 0.3) is 15.5 Å². The van der Waals surface area contributed by atoms with Gasteiger partial charge in [-0.05, 0) is 36.8 Å². The summed E-state index contributed by atoms with van der Waals surface area (Å²) in [5.74, 6) is 0.0116. The van der Waals surface area contributed by atoms with Gasteiger partial charge in [0.25, 0.3) is 11.5 Å². The molecule has 168 valence electrons. The minimum Gasteiger partial charge on any atom is -0.336 e. The summed E-state index contributed by atoms with van der Waals surface area (Å²) in [6, 6.07) is 16.5. The van der Waals surface area contributed by atoms with Crippen molar-refractivity contribution in [3.63, 3.8) is 0 Å². The van der Waals surface area contributed by atoms with Crippen molar-refractivity contribution >= 4 is 33.8 Å². The molecule has 0 saturated carbocycles. The molecule has 1 amide bonds. The van der Waals surface area contributed by atoms with Crippen molar-refractivity contribution in [2.75, 3.05) is 26.2 Å². The lowest BCUT2D eigenvalue weighted by Crippen LogP contribution is -2.48. The quantitative estimate of drug-likeness (QED) is 0.446. The van der Waals surface area contributed by atoms with Gasteiger partial charge in [-0.2, -0.15) is 9.61 Å². The highest BCUT2D eigenvalue weighted by Gasteiger charge is 2.23. The first-order chi connectivity index (χ1) is 16.0. The SMILES string of the molecule is Cc1ccccc1-c1nn2c(=O)cc(CN3CCN(C(=O)c4ccc(Cl)cc4)CC3)nc2s1. The van der Waals surface area contributed by atoms with Crippen molar-refractivity contribution < 1.29 is 4.79 Å². The first-order valence-electron chi connectivity index (χ1n) is 10.7. The topological polar surface area (TPSA) is 70.8 Å². The average Bonchev–Trinajstić information content (AvgIpc) is 3.24. The van der Waals surface area contributed by atoms with Crippen molar-refractivity contribution in [1.82, 2.24) is 24.4 Å². The number of aromatic nitrogens is 3. The van der Waals surface area contributed by atoms with Gasteiger partial charge < -0.3 is 4.90 Å². The number of amides is 1. The minimum absolute atomic E-state index is 0.0116. The van der Waals surface area contributed by atoms with Gasteiger partial charge in [0, 0.05) is 54.9 Å². The molecule has 1 aliphatic heterocycles. The second-order valence-electron chi connectivity index (χ2n) is 8.08. The van der Waals surface area contributed by atoms with E-state index in [2.05, 4.69) is 10.00 Å². The maximum atomic E-state index is 12.7. The van der Waals surface area contributed by atoms with Gasteiger partial charge in [-0.1, -0.05) is 47.2 Å². The van der Waals surface area contributed by atoms with Gasteiger partial charge in [0.05, 0.1) is 5.69 Å². The zero-order chi connectivity index (χ0) is 22.9. The van der Waals surface area contributed by atoms with Gasteiger partial charge in [-0.15, -0.1) is 0 Å². The third-order valence-electron chi connectivity index (χ3n) is 5.81. The summed E-state index contributed by atoms with van der Waals surface area (Å²) in [4.78, 5) is 34.7. The van der Waals surface area contributed by atoms with E-state index in [-0.39, 0.29) is 11.5 Å². The molecule has 1 aliphatic rings. The Bertz CT molecular complexity index is 1370. The second-order valence-corrected chi connectivity index (χ2v) is 9.47. The van der Waals surface area contributed by atoms with Crippen LogP contribution in [-0.2, 0) is 6.54 Å². The Balaban J connectivity index is 1.28. The van der Waals surface area contributed by atoms with Crippen molar-refractivity contribution in [2.24, 2.45) is 0 Å².